The molecule has 2 aromatic rings. The molecule has 3 heterocycles. The Morgan fingerprint density at radius 2 is 2.21 bits per heavy atom. The number of amides is 1. The minimum atomic E-state index is -0.213. The van der Waals surface area contributed by atoms with Crippen molar-refractivity contribution in [3.8, 4) is 0 Å². The van der Waals surface area contributed by atoms with Crippen LogP contribution in [0.3, 0.4) is 0 Å². The lowest BCUT2D eigenvalue weighted by molar-refractivity contribution is 0.0727. The fraction of sp³-hybridized carbons (Fsp3) is 0.308. The molecule has 0 spiro atoms. The highest BCUT2D eigenvalue weighted by Gasteiger charge is 2.23. The molecule has 0 N–H and O–H groups in total. The Hall–Kier alpha value is -1.95. The molecule has 5 nitrogen and oxygen atoms in total. The summed E-state index contributed by atoms with van der Waals surface area (Å²) in [6.45, 7) is 1.33. The topological polar surface area (TPSA) is 55.2 Å². The third-order valence-corrected chi connectivity index (χ3v) is 4.30. The zero-order valence-corrected chi connectivity index (χ0v) is 11.3. The maximum Gasteiger partial charge on any atom is 0.274 e. The second kappa shape index (κ2) is 4.62. The normalized spacial score (nSPS) is 14.3. The van der Waals surface area contributed by atoms with Gasteiger partial charge in [0.1, 0.15) is 5.69 Å². The molecule has 6 heteroatoms. The highest BCUT2D eigenvalue weighted by Crippen LogP contribution is 2.24. The molecule has 98 valence electrons. The van der Waals surface area contributed by atoms with Crippen LogP contribution in [0.25, 0.3) is 0 Å². The van der Waals surface area contributed by atoms with E-state index in [2.05, 4.69) is 16.5 Å². The van der Waals surface area contributed by atoms with Gasteiger partial charge < -0.3 is 4.90 Å². The molecule has 2 aromatic heterocycles. The lowest BCUT2D eigenvalue weighted by Gasteiger charge is -2.26. The largest absolute Gasteiger partial charge is 0.333 e. The summed E-state index contributed by atoms with van der Waals surface area (Å²) < 4.78 is 1.19. The van der Waals surface area contributed by atoms with Gasteiger partial charge in [0.15, 0.2) is 0 Å². The van der Waals surface area contributed by atoms with Gasteiger partial charge in [-0.3, -0.25) is 9.59 Å². The number of aryl methyl sites for hydroxylation is 1. The van der Waals surface area contributed by atoms with E-state index < -0.39 is 0 Å². The average molecular weight is 275 g/mol. The van der Waals surface area contributed by atoms with E-state index in [-0.39, 0.29) is 11.5 Å². The summed E-state index contributed by atoms with van der Waals surface area (Å²) in [5, 5.41) is 6.07. The number of carbonyl (C=O) groups is 1. The van der Waals surface area contributed by atoms with Crippen LogP contribution >= 0.6 is 11.3 Å². The molecule has 0 saturated carbocycles. The van der Waals surface area contributed by atoms with Crippen LogP contribution in [0.15, 0.2) is 28.4 Å². The van der Waals surface area contributed by atoms with Crippen molar-refractivity contribution in [2.45, 2.75) is 13.0 Å². The number of hydrogen-bond acceptors (Lipinski definition) is 4. The number of hydrogen-bond donors (Lipinski definition) is 0. The SMILES string of the molecule is Cn1nc(C(=O)N2CCc3sccc3C2)ccc1=O. The van der Waals surface area contributed by atoms with Gasteiger partial charge in [-0.1, -0.05) is 0 Å². The summed E-state index contributed by atoms with van der Waals surface area (Å²) >= 11 is 1.74. The van der Waals surface area contributed by atoms with Gasteiger partial charge in [0.2, 0.25) is 0 Å². The number of thiophene rings is 1. The van der Waals surface area contributed by atoms with Gasteiger partial charge in [-0.2, -0.15) is 5.10 Å². The van der Waals surface area contributed by atoms with Gasteiger partial charge in [0, 0.05) is 31.1 Å². The molecule has 3 rings (SSSR count). The van der Waals surface area contributed by atoms with Crippen LogP contribution in [0.5, 0.6) is 0 Å². The highest BCUT2D eigenvalue weighted by molar-refractivity contribution is 7.10. The molecule has 0 bridgehead atoms. The summed E-state index contributed by atoms with van der Waals surface area (Å²) in [6.07, 6.45) is 0.893. The predicted molar refractivity (Wildman–Crippen MR) is 72.2 cm³/mol. The molecule has 0 saturated heterocycles. The first kappa shape index (κ1) is 12.1. The first-order chi connectivity index (χ1) is 9.15. The molecule has 0 radical (unpaired) electrons. The molecule has 1 amide bonds. The number of aromatic nitrogens is 2. The van der Waals surface area contributed by atoms with E-state index in [4.69, 9.17) is 0 Å². The Labute approximate surface area is 114 Å². The van der Waals surface area contributed by atoms with Crippen molar-refractivity contribution in [2.24, 2.45) is 7.05 Å². The van der Waals surface area contributed by atoms with Gasteiger partial charge in [0.05, 0.1) is 0 Å². The molecular formula is C13H13N3O2S. The van der Waals surface area contributed by atoms with Crippen molar-refractivity contribution in [1.82, 2.24) is 14.7 Å². The van der Waals surface area contributed by atoms with E-state index in [9.17, 15) is 9.59 Å². The van der Waals surface area contributed by atoms with Gasteiger partial charge in [-0.05, 0) is 29.5 Å². The monoisotopic (exact) mass is 275 g/mol. The van der Waals surface area contributed by atoms with Gasteiger partial charge in [-0.25, -0.2) is 4.68 Å². The molecular weight excluding hydrogens is 262 g/mol. The highest BCUT2D eigenvalue weighted by atomic mass is 32.1. The summed E-state index contributed by atoms with van der Waals surface area (Å²) in [4.78, 5) is 26.8. The Morgan fingerprint density at radius 1 is 1.37 bits per heavy atom. The number of rotatable bonds is 1. The lowest BCUT2D eigenvalue weighted by Crippen LogP contribution is -2.36. The molecule has 0 unspecified atom stereocenters. The predicted octanol–water partition coefficient (Wildman–Crippen LogP) is 1.04. The van der Waals surface area contributed by atoms with Crippen molar-refractivity contribution < 1.29 is 4.79 Å². The minimum Gasteiger partial charge on any atom is -0.333 e. The van der Waals surface area contributed by atoms with Crippen molar-refractivity contribution in [3.05, 3.63) is 50.1 Å². The standard InChI is InChI=1S/C13H13N3O2S/c1-15-12(17)3-2-10(14-15)13(18)16-6-4-11-9(8-16)5-7-19-11/h2-3,5,7H,4,6,8H2,1H3. The zero-order chi connectivity index (χ0) is 13.4. The van der Waals surface area contributed by atoms with E-state index in [1.165, 1.54) is 27.3 Å². The van der Waals surface area contributed by atoms with Gasteiger partial charge in [-0.15, -0.1) is 11.3 Å². The van der Waals surface area contributed by atoms with Crippen LogP contribution in [-0.2, 0) is 20.0 Å². The van der Waals surface area contributed by atoms with Crippen LogP contribution in [0, 0.1) is 0 Å². The smallest absolute Gasteiger partial charge is 0.274 e. The quantitative estimate of drug-likeness (QED) is 0.781. The van der Waals surface area contributed by atoms with Crippen LogP contribution < -0.4 is 5.56 Å². The van der Waals surface area contributed by atoms with Crippen molar-refractivity contribution in [2.75, 3.05) is 6.54 Å². The van der Waals surface area contributed by atoms with Crippen LogP contribution in [0.4, 0.5) is 0 Å². The van der Waals surface area contributed by atoms with Gasteiger partial charge in [0.25, 0.3) is 11.5 Å². The van der Waals surface area contributed by atoms with E-state index in [1.807, 2.05) is 0 Å². The summed E-state index contributed by atoms with van der Waals surface area (Å²) in [5.41, 5.74) is 1.32. The molecule has 0 aromatic carbocycles. The van der Waals surface area contributed by atoms with Crippen LogP contribution in [0.2, 0.25) is 0 Å². The van der Waals surface area contributed by atoms with E-state index in [0.29, 0.717) is 18.8 Å². The third-order valence-electron chi connectivity index (χ3n) is 3.27. The number of fused-ring (bicyclic) bond motifs is 1. The van der Waals surface area contributed by atoms with Crippen LogP contribution in [-0.4, -0.2) is 27.1 Å². The lowest BCUT2D eigenvalue weighted by atomic mass is 10.1. The van der Waals surface area contributed by atoms with Crippen molar-refractivity contribution in [1.29, 1.82) is 0 Å². The molecule has 0 atom stereocenters. The molecule has 1 aliphatic rings. The summed E-state index contributed by atoms with van der Waals surface area (Å²) in [5.74, 6) is -0.118. The number of nitrogens with zero attached hydrogens (tertiary/aromatic N) is 3. The van der Waals surface area contributed by atoms with E-state index >= 15 is 0 Å². The first-order valence-corrected chi connectivity index (χ1v) is 6.92. The van der Waals surface area contributed by atoms with Crippen LogP contribution in [0.1, 0.15) is 20.9 Å². The van der Waals surface area contributed by atoms with Crippen molar-refractivity contribution >= 4 is 17.2 Å². The Bertz CT molecular complexity index is 689. The van der Waals surface area contributed by atoms with E-state index in [0.717, 1.165) is 6.42 Å². The minimum absolute atomic E-state index is 0.118. The Kier molecular flexibility index (Phi) is 2.94. The summed E-state index contributed by atoms with van der Waals surface area (Å²) in [7, 11) is 1.55. The van der Waals surface area contributed by atoms with Gasteiger partial charge >= 0.3 is 0 Å². The Morgan fingerprint density at radius 3 is 3.00 bits per heavy atom. The second-order valence-corrected chi connectivity index (χ2v) is 5.53. The maximum atomic E-state index is 12.3. The maximum absolute atomic E-state index is 12.3. The van der Waals surface area contributed by atoms with E-state index in [1.54, 1.807) is 23.3 Å². The molecule has 1 aliphatic heterocycles. The zero-order valence-electron chi connectivity index (χ0n) is 10.5. The molecule has 0 fully saturated rings. The number of carbonyl (C=O) groups excluding carboxylic acids is 1. The second-order valence-electron chi connectivity index (χ2n) is 4.53. The first-order valence-electron chi connectivity index (χ1n) is 6.04. The molecule has 0 aliphatic carbocycles. The van der Waals surface area contributed by atoms with Crippen molar-refractivity contribution in [3.63, 3.8) is 0 Å². The average Bonchev–Trinajstić information content (AvgIpc) is 2.88. The fourth-order valence-electron chi connectivity index (χ4n) is 2.20. The third kappa shape index (κ3) is 2.19. The Balaban J connectivity index is 1.85. The fourth-order valence-corrected chi connectivity index (χ4v) is 3.09. The summed E-state index contributed by atoms with van der Waals surface area (Å²) in [6, 6.07) is 4.93. The molecule has 19 heavy (non-hydrogen) atoms.